The number of aliphatic hydroxyl groups is 1. The summed E-state index contributed by atoms with van der Waals surface area (Å²) in [6.07, 6.45) is 1.05. The van der Waals surface area contributed by atoms with Crippen molar-refractivity contribution in [3.8, 4) is 11.6 Å². The highest BCUT2D eigenvalue weighted by molar-refractivity contribution is 9.10. The molecule has 2 aromatic heterocycles. The van der Waals surface area contributed by atoms with E-state index in [4.69, 9.17) is 4.74 Å². The van der Waals surface area contributed by atoms with Crippen molar-refractivity contribution in [1.82, 2.24) is 20.0 Å². The molecule has 0 radical (unpaired) electrons. The highest BCUT2D eigenvalue weighted by Gasteiger charge is 2.18. The maximum Gasteiger partial charge on any atom is 0.219 e. The van der Waals surface area contributed by atoms with Gasteiger partial charge in [-0.3, -0.25) is 0 Å². The molecule has 0 aliphatic rings. The Labute approximate surface area is 155 Å². The third-order valence-electron chi connectivity index (χ3n) is 3.67. The summed E-state index contributed by atoms with van der Waals surface area (Å²) in [5, 5.41) is 18.1. The summed E-state index contributed by atoms with van der Waals surface area (Å²) < 4.78 is 8.49. The van der Waals surface area contributed by atoms with Gasteiger partial charge >= 0.3 is 0 Å². The van der Waals surface area contributed by atoms with Gasteiger partial charge in [-0.1, -0.05) is 26.0 Å². The molecular formula is C18H21BrN4O2. The summed E-state index contributed by atoms with van der Waals surface area (Å²) in [7, 11) is 0. The number of pyridine rings is 1. The number of rotatable bonds is 4. The molecule has 1 aromatic carbocycles. The van der Waals surface area contributed by atoms with Gasteiger partial charge < -0.3 is 9.84 Å². The van der Waals surface area contributed by atoms with Crippen molar-refractivity contribution in [2.75, 3.05) is 0 Å². The van der Waals surface area contributed by atoms with Crippen molar-refractivity contribution >= 4 is 27.0 Å². The van der Waals surface area contributed by atoms with E-state index in [0.29, 0.717) is 11.6 Å². The number of hydrogen-bond acceptors (Lipinski definition) is 5. The predicted molar refractivity (Wildman–Crippen MR) is 99.6 cm³/mol. The largest absolute Gasteiger partial charge is 0.438 e. The molecule has 6 nitrogen and oxygen atoms in total. The molecule has 2 heterocycles. The Morgan fingerprint density at radius 3 is 2.60 bits per heavy atom. The van der Waals surface area contributed by atoms with Crippen molar-refractivity contribution in [2.24, 2.45) is 5.41 Å². The van der Waals surface area contributed by atoms with Crippen LogP contribution < -0.4 is 4.74 Å². The molecule has 0 saturated heterocycles. The smallest absolute Gasteiger partial charge is 0.219 e. The summed E-state index contributed by atoms with van der Waals surface area (Å²) >= 11 is 3.56. The van der Waals surface area contributed by atoms with Crippen LogP contribution in [0.1, 0.15) is 39.4 Å². The van der Waals surface area contributed by atoms with Crippen molar-refractivity contribution < 1.29 is 9.84 Å². The van der Waals surface area contributed by atoms with Crippen molar-refractivity contribution in [1.29, 1.82) is 0 Å². The molecule has 132 valence electrons. The van der Waals surface area contributed by atoms with Crippen molar-refractivity contribution in [3.63, 3.8) is 0 Å². The van der Waals surface area contributed by atoms with Gasteiger partial charge in [-0.25, -0.2) is 9.67 Å². The van der Waals surface area contributed by atoms with Gasteiger partial charge in [0.15, 0.2) is 0 Å². The zero-order valence-electron chi connectivity index (χ0n) is 14.7. The lowest BCUT2D eigenvalue weighted by molar-refractivity contribution is 0.198. The van der Waals surface area contributed by atoms with Crippen LogP contribution in [-0.2, 0) is 6.54 Å². The summed E-state index contributed by atoms with van der Waals surface area (Å²) in [4.78, 5) is 4.23. The second-order valence-corrected chi connectivity index (χ2v) is 8.05. The van der Waals surface area contributed by atoms with Crippen LogP contribution in [0, 0.1) is 5.41 Å². The lowest BCUT2D eigenvalue weighted by Gasteiger charge is -2.18. The van der Waals surface area contributed by atoms with E-state index < -0.39 is 6.10 Å². The highest BCUT2D eigenvalue weighted by atomic mass is 79.9. The lowest BCUT2D eigenvalue weighted by Crippen LogP contribution is -2.16. The molecule has 3 aromatic rings. The number of halogens is 1. The third kappa shape index (κ3) is 3.99. The quantitative estimate of drug-likeness (QED) is 0.693. The second-order valence-electron chi connectivity index (χ2n) is 7.26. The SMILES string of the molecule is CC(O)c1ccc(Oc2ccc3c(nnn3CC(C)(C)C)c2Br)nc1. The first kappa shape index (κ1) is 17.8. The van der Waals surface area contributed by atoms with Crippen LogP contribution >= 0.6 is 15.9 Å². The van der Waals surface area contributed by atoms with Gasteiger partial charge in [-0.2, -0.15) is 0 Å². The summed E-state index contributed by atoms with van der Waals surface area (Å²) in [5.74, 6) is 1.07. The predicted octanol–water partition coefficient (Wildman–Crippen LogP) is 4.48. The number of nitrogens with zero attached hydrogens (tertiary/aromatic N) is 4. The first-order valence-electron chi connectivity index (χ1n) is 8.08. The normalized spacial score (nSPS) is 13.2. The minimum absolute atomic E-state index is 0.109. The van der Waals surface area contributed by atoms with Gasteiger partial charge in [-0.05, 0) is 52.0 Å². The molecule has 0 fully saturated rings. The number of fused-ring (bicyclic) bond motifs is 1. The molecule has 1 N–H and O–H groups in total. The van der Waals surface area contributed by atoms with Gasteiger partial charge in [0, 0.05) is 18.8 Å². The molecular weight excluding hydrogens is 384 g/mol. The van der Waals surface area contributed by atoms with Crippen LogP contribution in [0.25, 0.3) is 11.0 Å². The van der Waals surface area contributed by atoms with E-state index in [-0.39, 0.29) is 5.41 Å². The minimum atomic E-state index is -0.553. The maximum absolute atomic E-state index is 9.54. The molecule has 0 aliphatic heterocycles. The molecule has 0 bridgehead atoms. The van der Waals surface area contributed by atoms with E-state index in [0.717, 1.165) is 27.6 Å². The molecule has 0 spiro atoms. The van der Waals surface area contributed by atoms with Crippen molar-refractivity contribution in [2.45, 2.75) is 40.3 Å². The Hall–Kier alpha value is -1.99. The molecule has 25 heavy (non-hydrogen) atoms. The molecule has 0 aliphatic carbocycles. The Morgan fingerprint density at radius 2 is 2.00 bits per heavy atom. The minimum Gasteiger partial charge on any atom is -0.438 e. The fourth-order valence-corrected chi connectivity index (χ4v) is 2.94. The van der Waals surface area contributed by atoms with E-state index in [1.165, 1.54) is 0 Å². The number of aliphatic hydroxyl groups excluding tert-OH is 1. The Balaban J connectivity index is 1.89. The maximum atomic E-state index is 9.54. The number of aromatic nitrogens is 4. The molecule has 3 rings (SSSR count). The van der Waals surface area contributed by atoms with E-state index in [1.54, 1.807) is 25.3 Å². The first-order chi connectivity index (χ1) is 11.7. The summed E-state index contributed by atoms with van der Waals surface area (Å²) in [5.41, 5.74) is 2.55. The molecule has 1 unspecified atom stereocenters. The van der Waals surface area contributed by atoms with Crippen LogP contribution in [0.5, 0.6) is 11.6 Å². The van der Waals surface area contributed by atoms with Crippen LogP contribution in [0.4, 0.5) is 0 Å². The number of hydrogen-bond donors (Lipinski definition) is 1. The fourth-order valence-electron chi connectivity index (χ4n) is 2.44. The third-order valence-corrected chi connectivity index (χ3v) is 4.44. The number of benzene rings is 1. The zero-order chi connectivity index (χ0) is 18.2. The second kappa shape index (κ2) is 6.72. The summed E-state index contributed by atoms with van der Waals surface area (Å²) in [6.45, 7) is 8.96. The van der Waals surface area contributed by atoms with Gasteiger partial charge in [0.05, 0.1) is 16.1 Å². The van der Waals surface area contributed by atoms with E-state index in [2.05, 4.69) is 52.0 Å². The van der Waals surface area contributed by atoms with Gasteiger partial charge in [0.2, 0.25) is 5.88 Å². The molecule has 7 heteroatoms. The molecule has 0 saturated carbocycles. The first-order valence-corrected chi connectivity index (χ1v) is 8.87. The molecule has 0 amide bonds. The fraction of sp³-hybridized carbons (Fsp3) is 0.389. The Bertz CT molecular complexity index is 882. The number of ether oxygens (including phenoxy) is 1. The van der Waals surface area contributed by atoms with Crippen LogP contribution in [0.15, 0.2) is 34.9 Å². The zero-order valence-corrected chi connectivity index (χ0v) is 16.3. The monoisotopic (exact) mass is 404 g/mol. The van der Waals surface area contributed by atoms with Gasteiger partial charge in [0.25, 0.3) is 0 Å². The van der Waals surface area contributed by atoms with Gasteiger partial charge in [0.1, 0.15) is 11.3 Å². The highest BCUT2D eigenvalue weighted by Crippen LogP contribution is 2.35. The van der Waals surface area contributed by atoms with Crippen LogP contribution in [0.2, 0.25) is 0 Å². The van der Waals surface area contributed by atoms with E-state index >= 15 is 0 Å². The van der Waals surface area contributed by atoms with E-state index in [1.807, 2.05) is 16.8 Å². The van der Waals surface area contributed by atoms with Gasteiger partial charge in [-0.15, -0.1) is 5.10 Å². The Kier molecular flexibility index (Phi) is 4.79. The standard InChI is InChI=1S/C18H21BrN4O2/c1-11(24)12-5-8-15(20-9-12)25-14-7-6-13-17(16(14)19)21-22-23(13)10-18(2,3)4/h5-9,11,24H,10H2,1-4H3. The average Bonchev–Trinajstić information content (AvgIpc) is 2.92. The topological polar surface area (TPSA) is 73.1 Å². The van der Waals surface area contributed by atoms with Crippen molar-refractivity contribution in [3.05, 3.63) is 40.5 Å². The van der Waals surface area contributed by atoms with E-state index in [9.17, 15) is 5.11 Å². The average molecular weight is 405 g/mol. The van der Waals surface area contributed by atoms with Crippen LogP contribution in [0.3, 0.4) is 0 Å². The lowest BCUT2D eigenvalue weighted by atomic mass is 9.97. The molecule has 1 atom stereocenters. The Morgan fingerprint density at radius 1 is 1.24 bits per heavy atom. The van der Waals surface area contributed by atoms with Crippen LogP contribution in [-0.4, -0.2) is 25.1 Å². The summed E-state index contributed by atoms with van der Waals surface area (Å²) in [6, 6.07) is 7.35.